The number of hydrogen-bond acceptors (Lipinski definition) is 4. The highest BCUT2D eigenvalue weighted by molar-refractivity contribution is 5.94. The molecule has 0 spiro atoms. The second-order valence-corrected chi connectivity index (χ2v) is 4.11. The highest BCUT2D eigenvalue weighted by Gasteiger charge is 2.13. The van der Waals surface area contributed by atoms with Crippen molar-refractivity contribution in [3.63, 3.8) is 0 Å². The quantitative estimate of drug-likeness (QED) is 0.779. The smallest absolute Gasteiger partial charge is 0.251 e. The number of rotatable bonds is 4. The minimum absolute atomic E-state index is 0.112. The van der Waals surface area contributed by atoms with Gasteiger partial charge >= 0.3 is 0 Å². The third-order valence-corrected chi connectivity index (χ3v) is 2.68. The van der Waals surface area contributed by atoms with Gasteiger partial charge in [-0.1, -0.05) is 0 Å². The molecule has 5 nitrogen and oxygen atoms in total. The van der Waals surface area contributed by atoms with Crippen LogP contribution in [0.25, 0.3) is 0 Å². The molecule has 18 heavy (non-hydrogen) atoms. The molecule has 0 radical (unpaired) electrons. The standard InChI is InChI=1S/C13H18N2O3/c14-5-1-6-15-13(16)10-3-4-11-12(9-10)18-8-2-7-17-11/h3-4,9H,1-2,5-8,14H2,(H,15,16). The van der Waals surface area contributed by atoms with Crippen molar-refractivity contribution in [3.8, 4) is 11.5 Å². The Kier molecular flexibility index (Phi) is 4.41. The number of fused-ring (bicyclic) bond motifs is 1. The van der Waals surface area contributed by atoms with Gasteiger partial charge in [0.1, 0.15) is 0 Å². The Labute approximate surface area is 106 Å². The Bertz CT molecular complexity index is 421. The monoisotopic (exact) mass is 250 g/mol. The Morgan fingerprint density at radius 3 is 2.83 bits per heavy atom. The molecule has 5 heteroatoms. The molecule has 0 saturated heterocycles. The van der Waals surface area contributed by atoms with Gasteiger partial charge in [-0.05, 0) is 31.2 Å². The number of amides is 1. The van der Waals surface area contributed by atoms with E-state index in [0.717, 1.165) is 12.8 Å². The van der Waals surface area contributed by atoms with Crippen molar-refractivity contribution in [1.82, 2.24) is 5.32 Å². The fraction of sp³-hybridized carbons (Fsp3) is 0.462. The van der Waals surface area contributed by atoms with Gasteiger partial charge in [0.15, 0.2) is 11.5 Å². The van der Waals surface area contributed by atoms with Crippen molar-refractivity contribution >= 4 is 5.91 Å². The number of hydrogen-bond donors (Lipinski definition) is 2. The molecule has 1 aromatic rings. The molecule has 0 atom stereocenters. The average Bonchev–Trinajstić information content (AvgIpc) is 2.63. The van der Waals surface area contributed by atoms with Crippen LogP contribution >= 0.6 is 0 Å². The summed E-state index contributed by atoms with van der Waals surface area (Å²) in [6.45, 7) is 2.42. The van der Waals surface area contributed by atoms with E-state index in [-0.39, 0.29) is 5.91 Å². The summed E-state index contributed by atoms with van der Waals surface area (Å²) in [6, 6.07) is 5.24. The van der Waals surface area contributed by atoms with Crippen LogP contribution < -0.4 is 20.5 Å². The van der Waals surface area contributed by atoms with Crippen LogP contribution in [-0.2, 0) is 0 Å². The van der Waals surface area contributed by atoms with E-state index < -0.39 is 0 Å². The molecule has 1 aliphatic heterocycles. The first kappa shape index (κ1) is 12.7. The van der Waals surface area contributed by atoms with Gasteiger partial charge in [-0.3, -0.25) is 4.79 Å². The fourth-order valence-electron chi connectivity index (χ4n) is 1.71. The molecule has 1 aromatic carbocycles. The number of carbonyl (C=O) groups is 1. The minimum atomic E-state index is -0.112. The van der Waals surface area contributed by atoms with Crippen LogP contribution in [-0.4, -0.2) is 32.2 Å². The molecular weight excluding hydrogens is 232 g/mol. The fourth-order valence-corrected chi connectivity index (χ4v) is 1.71. The Morgan fingerprint density at radius 1 is 1.28 bits per heavy atom. The van der Waals surface area contributed by atoms with Crippen LogP contribution in [0.4, 0.5) is 0 Å². The highest BCUT2D eigenvalue weighted by atomic mass is 16.5. The summed E-state index contributed by atoms with van der Waals surface area (Å²) < 4.78 is 11.0. The van der Waals surface area contributed by atoms with Crippen molar-refractivity contribution < 1.29 is 14.3 Å². The first-order valence-corrected chi connectivity index (χ1v) is 6.19. The lowest BCUT2D eigenvalue weighted by Gasteiger charge is -2.09. The zero-order chi connectivity index (χ0) is 12.8. The lowest BCUT2D eigenvalue weighted by molar-refractivity contribution is 0.0953. The molecule has 1 amide bonds. The number of nitrogens with two attached hydrogens (primary N) is 1. The normalized spacial score (nSPS) is 13.8. The molecule has 2 rings (SSSR count). The van der Waals surface area contributed by atoms with Gasteiger partial charge in [0.2, 0.25) is 0 Å². The van der Waals surface area contributed by atoms with E-state index in [0.29, 0.717) is 43.4 Å². The lowest BCUT2D eigenvalue weighted by atomic mass is 10.2. The molecule has 1 aliphatic rings. The molecule has 98 valence electrons. The minimum Gasteiger partial charge on any atom is -0.490 e. The van der Waals surface area contributed by atoms with Gasteiger partial charge in [-0.15, -0.1) is 0 Å². The van der Waals surface area contributed by atoms with E-state index in [4.69, 9.17) is 15.2 Å². The zero-order valence-electron chi connectivity index (χ0n) is 10.3. The Balaban J connectivity index is 2.05. The number of nitrogens with one attached hydrogen (secondary N) is 1. The highest BCUT2D eigenvalue weighted by Crippen LogP contribution is 2.30. The van der Waals surface area contributed by atoms with Gasteiger partial charge < -0.3 is 20.5 Å². The predicted octanol–water partition coefficient (Wildman–Crippen LogP) is 0.926. The number of benzene rings is 1. The van der Waals surface area contributed by atoms with Gasteiger partial charge in [-0.2, -0.15) is 0 Å². The van der Waals surface area contributed by atoms with Crippen molar-refractivity contribution in [3.05, 3.63) is 23.8 Å². The van der Waals surface area contributed by atoms with Crippen LogP contribution in [0.1, 0.15) is 23.2 Å². The molecule has 0 aromatic heterocycles. The van der Waals surface area contributed by atoms with Gasteiger partial charge in [0.05, 0.1) is 13.2 Å². The first-order chi connectivity index (χ1) is 8.81. The van der Waals surface area contributed by atoms with Crippen LogP contribution in [0, 0.1) is 0 Å². The van der Waals surface area contributed by atoms with Crippen LogP contribution in [0.15, 0.2) is 18.2 Å². The van der Waals surface area contributed by atoms with Crippen LogP contribution in [0.2, 0.25) is 0 Å². The van der Waals surface area contributed by atoms with E-state index in [9.17, 15) is 4.79 Å². The predicted molar refractivity (Wildman–Crippen MR) is 68.1 cm³/mol. The van der Waals surface area contributed by atoms with Crippen molar-refractivity contribution in [1.29, 1.82) is 0 Å². The molecule has 3 N–H and O–H groups in total. The van der Waals surface area contributed by atoms with Gasteiger partial charge in [0.25, 0.3) is 5.91 Å². The zero-order valence-corrected chi connectivity index (χ0v) is 10.3. The Morgan fingerprint density at radius 2 is 2.06 bits per heavy atom. The van der Waals surface area contributed by atoms with E-state index >= 15 is 0 Å². The first-order valence-electron chi connectivity index (χ1n) is 6.19. The van der Waals surface area contributed by atoms with E-state index in [1.54, 1.807) is 18.2 Å². The molecule has 0 unspecified atom stereocenters. The summed E-state index contributed by atoms with van der Waals surface area (Å²) in [5.41, 5.74) is 5.95. The molecule has 0 aliphatic carbocycles. The summed E-state index contributed by atoms with van der Waals surface area (Å²) in [6.07, 6.45) is 1.63. The maximum absolute atomic E-state index is 11.8. The van der Waals surface area contributed by atoms with Crippen molar-refractivity contribution in [2.75, 3.05) is 26.3 Å². The molecule has 0 fully saturated rings. The average molecular weight is 250 g/mol. The summed E-state index contributed by atoms with van der Waals surface area (Å²) in [4.78, 5) is 11.8. The maximum atomic E-state index is 11.8. The van der Waals surface area contributed by atoms with Crippen molar-refractivity contribution in [2.45, 2.75) is 12.8 Å². The van der Waals surface area contributed by atoms with E-state index in [2.05, 4.69) is 5.32 Å². The third kappa shape index (κ3) is 3.13. The lowest BCUT2D eigenvalue weighted by Crippen LogP contribution is -2.25. The van der Waals surface area contributed by atoms with Crippen molar-refractivity contribution in [2.24, 2.45) is 5.73 Å². The van der Waals surface area contributed by atoms with E-state index in [1.165, 1.54) is 0 Å². The SMILES string of the molecule is NCCCNC(=O)c1ccc2c(c1)OCCCO2. The third-order valence-electron chi connectivity index (χ3n) is 2.68. The van der Waals surface area contributed by atoms with Crippen LogP contribution in [0.5, 0.6) is 11.5 Å². The summed E-state index contributed by atoms with van der Waals surface area (Å²) in [5.74, 6) is 1.23. The second kappa shape index (κ2) is 6.26. The van der Waals surface area contributed by atoms with Gasteiger partial charge in [0, 0.05) is 18.5 Å². The van der Waals surface area contributed by atoms with Gasteiger partial charge in [-0.25, -0.2) is 0 Å². The summed E-state index contributed by atoms with van der Waals surface area (Å²) in [5, 5.41) is 2.81. The number of carbonyl (C=O) groups excluding carboxylic acids is 1. The maximum Gasteiger partial charge on any atom is 0.251 e. The Hall–Kier alpha value is -1.75. The topological polar surface area (TPSA) is 73.6 Å². The summed E-state index contributed by atoms with van der Waals surface area (Å²) in [7, 11) is 0. The largest absolute Gasteiger partial charge is 0.490 e. The molecule has 1 heterocycles. The van der Waals surface area contributed by atoms with E-state index in [1.807, 2.05) is 0 Å². The number of ether oxygens (including phenoxy) is 2. The second-order valence-electron chi connectivity index (χ2n) is 4.11. The molecular formula is C13H18N2O3. The summed E-state index contributed by atoms with van der Waals surface area (Å²) >= 11 is 0. The molecule has 0 bridgehead atoms. The molecule has 0 saturated carbocycles. The van der Waals surface area contributed by atoms with Crippen LogP contribution in [0.3, 0.4) is 0 Å².